The number of amides is 1. The lowest BCUT2D eigenvalue weighted by Crippen LogP contribution is -2.40. The van der Waals surface area contributed by atoms with E-state index in [1.54, 1.807) is 38.3 Å². The summed E-state index contributed by atoms with van der Waals surface area (Å²) < 4.78 is 16.4. The molecule has 24 heavy (non-hydrogen) atoms. The summed E-state index contributed by atoms with van der Waals surface area (Å²) in [5.41, 5.74) is 1.01. The van der Waals surface area contributed by atoms with Gasteiger partial charge in [0.1, 0.15) is 17.2 Å². The van der Waals surface area contributed by atoms with Gasteiger partial charge in [0.05, 0.1) is 19.8 Å². The summed E-state index contributed by atoms with van der Waals surface area (Å²) in [5.74, 6) is 2.06. The normalized spacial score (nSPS) is 17.2. The Morgan fingerprint density at radius 3 is 2.62 bits per heavy atom. The lowest BCUT2D eigenvalue weighted by molar-refractivity contribution is -0.128. The smallest absolute Gasteiger partial charge is 0.261 e. The van der Waals surface area contributed by atoms with Crippen LogP contribution in [0.25, 0.3) is 0 Å². The number of fused-ring (bicyclic) bond motifs is 1. The summed E-state index contributed by atoms with van der Waals surface area (Å²) in [4.78, 5) is 12.4. The van der Waals surface area contributed by atoms with Gasteiger partial charge >= 0.3 is 0 Å². The van der Waals surface area contributed by atoms with Crippen LogP contribution < -0.4 is 19.5 Å². The molecule has 0 bridgehead atoms. The fourth-order valence-electron chi connectivity index (χ4n) is 2.69. The summed E-state index contributed by atoms with van der Waals surface area (Å²) >= 11 is 0. The molecule has 126 valence electrons. The van der Waals surface area contributed by atoms with Crippen LogP contribution in [0, 0.1) is 0 Å². The third-order valence-corrected chi connectivity index (χ3v) is 4.02. The van der Waals surface area contributed by atoms with Gasteiger partial charge < -0.3 is 19.5 Å². The Balaban J connectivity index is 1.62. The Bertz CT molecular complexity index is 699. The fraction of sp³-hybridized carbons (Fsp3) is 0.316. The van der Waals surface area contributed by atoms with Crippen molar-refractivity contribution in [1.29, 1.82) is 0 Å². The summed E-state index contributed by atoms with van der Waals surface area (Å²) in [6.45, 7) is 2.33. The zero-order valence-corrected chi connectivity index (χ0v) is 13.8. The van der Waals surface area contributed by atoms with E-state index >= 15 is 0 Å². The van der Waals surface area contributed by atoms with Gasteiger partial charge in [0.2, 0.25) is 0 Å². The third kappa shape index (κ3) is 3.62. The van der Waals surface area contributed by atoms with Crippen molar-refractivity contribution >= 4 is 5.91 Å². The third-order valence-electron chi connectivity index (χ3n) is 4.02. The van der Waals surface area contributed by atoms with E-state index in [4.69, 9.17) is 14.2 Å². The molecule has 0 spiro atoms. The molecule has 1 N–H and O–H groups in total. The molecule has 5 heteroatoms. The molecule has 1 heterocycles. The molecule has 1 aliphatic rings. The Kier molecular flexibility index (Phi) is 4.89. The second-order valence-corrected chi connectivity index (χ2v) is 5.67. The first-order valence-electron chi connectivity index (χ1n) is 8.00. The minimum atomic E-state index is -0.589. The zero-order chi connectivity index (χ0) is 16.9. The molecule has 0 radical (unpaired) electrons. The molecule has 2 aromatic rings. The number of ether oxygens (including phenoxy) is 3. The standard InChI is InChI=1S/C19H21NO4/c1-13(24-15-9-7-14(22-2)8-10-15)19(21)20-17-11-12-23-18-6-4-3-5-16(17)18/h3-10,13,17H,11-12H2,1-2H3,(H,20,21). The van der Waals surface area contributed by atoms with Crippen LogP contribution in [0.2, 0.25) is 0 Å². The minimum absolute atomic E-state index is 0.0515. The Hall–Kier alpha value is -2.69. The largest absolute Gasteiger partial charge is 0.497 e. The highest BCUT2D eigenvalue weighted by molar-refractivity contribution is 5.81. The number of para-hydroxylation sites is 1. The molecule has 0 fully saturated rings. The number of rotatable bonds is 5. The molecule has 1 amide bonds. The van der Waals surface area contributed by atoms with E-state index in [1.807, 2.05) is 24.3 Å². The molecule has 0 aromatic heterocycles. The van der Waals surface area contributed by atoms with Gasteiger partial charge in [-0.2, -0.15) is 0 Å². The predicted molar refractivity (Wildman–Crippen MR) is 90.5 cm³/mol. The molecular weight excluding hydrogens is 306 g/mol. The quantitative estimate of drug-likeness (QED) is 0.917. The van der Waals surface area contributed by atoms with Crippen LogP contribution in [0.1, 0.15) is 24.9 Å². The minimum Gasteiger partial charge on any atom is -0.497 e. The van der Waals surface area contributed by atoms with E-state index in [0.29, 0.717) is 12.4 Å². The number of hydrogen-bond donors (Lipinski definition) is 1. The van der Waals surface area contributed by atoms with Crippen LogP contribution >= 0.6 is 0 Å². The number of nitrogens with one attached hydrogen (secondary N) is 1. The van der Waals surface area contributed by atoms with Gasteiger partial charge in [-0.3, -0.25) is 4.79 Å². The van der Waals surface area contributed by atoms with Crippen LogP contribution in [0.3, 0.4) is 0 Å². The van der Waals surface area contributed by atoms with Crippen molar-refractivity contribution in [3.05, 3.63) is 54.1 Å². The first-order valence-corrected chi connectivity index (χ1v) is 8.00. The Morgan fingerprint density at radius 2 is 1.88 bits per heavy atom. The van der Waals surface area contributed by atoms with Crippen molar-refractivity contribution in [2.75, 3.05) is 13.7 Å². The highest BCUT2D eigenvalue weighted by Gasteiger charge is 2.25. The van der Waals surface area contributed by atoms with Gasteiger partial charge in [-0.1, -0.05) is 18.2 Å². The van der Waals surface area contributed by atoms with E-state index in [-0.39, 0.29) is 11.9 Å². The molecular formula is C19H21NO4. The fourth-order valence-corrected chi connectivity index (χ4v) is 2.69. The van der Waals surface area contributed by atoms with E-state index in [1.165, 1.54) is 0 Å². The average molecular weight is 327 g/mol. The predicted octanol–water partition coefficient (Wildman–Crippen LogP) is 3.10. The maximum atomic E-state index is 12.4. The van der Waals surface area contributed by atoms with Gasteiger partial charge in [-0.05, 0) is 37.3 Å². The number of carbonyl (C=O) groups excluding carboxylic acids is 1. The summed E-state index contributed by atoms with van der Waals surface area (Å²) in [5, 5.41) is 3.05. The van der Waals surface area contributed by atoms with Crippen LogP contribution in [0.5, 0.6) is 17.2 Å². The summed E-state index contributed by atoms with van der Waals surface area (Å²) in [7, 11) is 1.61. The lowest BCUT2D eigenvalue weighted by atomic mass is 10.0. The first kappa shape index (κ1) is 16.2. The van der Waals surface area contributed by atoms with Crippen LogP contribution in [0.15, 0.2) is 48.5 Å². The number of methoxy groups -OCH3 is 1. The van der Waals surface area contributed by atoms with Gasteiger partial charge in [0.25, 0.3) is 5.91 Å². The first-order chi connectivity index (χ1) is 11.7. The molecule has 0 aliphatic carbocycles. The van der Waals surface area contributed by atoms with Gasteiger partial charge in [-0.15, -0.1) is 0 Å². The van der Waals surface area contributed by atoms with Crippen molar-refractivity contribution in [2.24, 2.45) is 0 Å². The van der Waals surface area contributed by atoms with E-state index in [2.05, 4.69) is 5.32 Å². The Morgan fingerprint density at radius 1 is 1.17 bits per heavy atom. The zero-order valence-electron chi connectivity index (χ0n) is 13.8. The highest BCUT2D eigenvalue weighted by Crippen LogP contribution is 2.31. The molecule has 1 aliphatic heterocycles. The second kappa shape index (κ2) is 7.25. The van der Waals surface area contributed by atoms with Crippen LogP contribution in [0.4, 0.5) is 0 Å². The van der Waals surface area contributed by atoms with Crippen molar-refractivity contribution in [2.45, 2.75) is 25.5 Å². The van der Waals surface area contributed by atoms with Crippen molar-refractivity contribution in [1.82, 2.24) is 5.32 Å². The lowest BCUT2D eigenvalue weighted by Gasteiger charge is -2.27. The highest BCUT2D eigenvalue weighted by atomic mass is 16.5. The SMILES string of the molecule is COc1ccc(OC(C)C(=O)NC2CCOc3ccccc32)cc1. The molecule has 0 saturated heterocycles. The van der Waals surface area contributed by atoms with Crippen LogP contribution in [-0.4, -0.2) is 25.7 Å². The van der Waals surface area contributed by atoms with Crippen molar-refractivity contribution in [3.63, 3.8) is 0 Å². The van der Waals surface area contributed by atoms with Crippen molar-refractivity contribution in [3.8, 4) is 17.2 Å². The summed E-state index contributed by atoms with van der Waals surface area (Å²) in [6, 6.07) is 14.9. The van der Waals surface area contributed by atoms with Crippen LogP contribution in [-0.2, 0) is 4.79 Å². The molecule has 5 nitrogen and oxygen atoms in total. The monoisotopic (exact) mass is 327 g/mol. The molecule has 2 aromatic carbocycles. The van der Waals surface area contributed by atoms with Gasteiger partial charge in [0, 0.05) is 12.0 Å². The molecule has 3 rings (SSSR count). The maximum absolute atomic E-state index is 12.4. The average Bonchev–Trinajstić information content (AvgIpc) is 2.62. The topological polar surface area (TPSA) is 56.8 Å². The van der Waals surface area contributed by atoms with Crippen molar-refractivity contribution < 1.29 is 19.0 Å². The molecule has 2 unspecified atom stereocenters. The number of benzene rings is 2. The van der Waals surface area contributed by atoms with E-state index in [0.717, 1.165) is 23.5 Å². The van der Waals surface area contributed by atoms with Gasteiger partial charge in [0.15, 0.2) is 6.10 Å². The maximum Gasteiger partial charge on any atom is 0.261 e. The number of carbonyl (C=O) groups is 1. The molecule has 2 atom stereocenters. The van der Waals surface area contributed by atoms with E-state index in [9.17, 15) is 4.79 Å². The Labute approximate surface area is 141 Å². The van der Waals surface area contributed by atoms with Gasteiger partial charge in [-0.25, -0.2) is 0 Å². The van der Waals surface area contributed by atoms with E-state index < -0.39 is 6.10 Å². The number of hydrogen-bond acceptors (Lipinski definition) is 4. The summed E-state index contributed by atoms with van der Waals surface area (Å²) in [6.07, 6.45) is 0.159. The second-order valence-electron chi connectivity index (χ2n) is 5.67. The molecule has 0 saturated carbocycles.